The lowest BCUT2D eigenvalue weighted by Crippen LogP contribution is -2.33. The van der Waals surface area contributed by atoms with Crippen molar-refractivity contribution in [2.75, 3.05) is 19.0 Å². The van der Waals surface area contributed by atoms with E-state index in [1.165, 1.54) is 7.11 Å². The molecule has 146 valence electrons. The SMILES string of the molecule is COc1cc(C)c(C)cc1S(=O)(=O)NCC(=O)Nc1c(C)cc(C)cc1C. The van der Waals surface area contributed by atoms with Gasteiger partial charge in [-0.3, -0.25) is 4.79 Å². The van der Waals surface area contributed by atoms with Gasteiger partial charge in [0, 0.05) is 5.69 Å². The molecule has 1 amide bonds. The zero-order chi connectivity index (χ0) is 20.4. The van der Waals surface area contributed by atoms with Crippen LogP contribution in [0.5, 0.6) is 5.75 Å². The van der Waals surface area contributed by atoms with Crippen molar-refractivity contribution in [3.63, 3.8) is 0 Å². The quantitative estimate of drug-likeness (QED) is 0.793. The van der Waals surface area contributed by atoms with Crippen LogP contribution in [0, 0.1) is 34.6 Å². The summed E-state index contributed by atoms with van der Waals surface area (Å²) in [7, 11) is -2.48. The number of rotatable bonds is 6. The molecule has 0 spiro atoms. The molecule has 0 aliphatic rings. The number of anilines is 1. The van der Waals surface area contributed by atoms with Gasteiger partial charge in [0.05, 0.1) is 13.7 Å². The van der Waals surface area contributed by atoms with Gasteiger partial charge in [-0.15, -0.1) is 0 Å². The van der Waals surface area contributed by atoms with Crippen LogP contribution >= 0.6 is 0 Å². The van der Waals surface area contributed by atoms with E-state index in [9.17, 15) is 13.2 Å². The molecular weight excluding hydrogens is 364 g/mol. The highest BCUT2D eigenvalue weighted by atomic mass is 32.2. The summed E-state index contributed by atoms with van der Waals surface area (Å²) < 4.78 is 32.8. The van der Waals surface area contributed by atoms with Crippen molar-refractivity contribution in [1.82, 2.24) is 4.72 Å². The van der Waals surface area contributed by atoms with Crippen molar-refractivity contribution < 1.29 is 17.9 Å². The molecule has 0 aromatic heterocycles. The molecule has 6 nitrogen and oxygen atoms in total. The first kappa shape index (κ1) is 20.9. The van der Waals surface area contributed by atoms with Crippen molar-refractivity contribution in [2.45, 2.75) is 39.5 Å². The highest BCUT2D eigenvalue weighted by Gasteiger charge is 2.21. The molecule has 2 aromatic carbocycles. The van der Waals surface area contributed by atoms with Gasteiger partial charge in [-0.25, -0.2) is 13.1 Å². The maximum atomic E-state index is 12.6. The van der Waals surface area contributed by atoms with E-state index in [0.717, 1.165) is 27.8 Å². The van der Waals surface area contributed by atoms with Gasteiger partial charge in [0.15, 0.2) is 0 Å². The molecule has 0 radical (unpaired) electrons. The third kappa shape index (κ3) is 4.87. The Hall–Kier alpha value is -2.38. The van der Waals surface area contributed by atoms with E-state index in [-0.39, 0.29) is 17.2 Å². The predicted octanol–water partition coefficient (Wildman–Crippen LogP) is 3.15. The van der Waals surface area contributed by atoms with Crippen molar-refractivity contribution in [3.8, 4) is 5.75 Å². The minimum absolute atomic E-state index is 0.0172. The molecule has 2 N–H and O–H groups in total. The van der Waals surface area contributed by atoms with Crippen LogP contribution in [-0.2, 0) is 14.8 Å². The molecule has 0 saturated heterocycles. The van der Waals surface area contributed by atoms with Gasteiger partial charge in [-0.1, -0.05) is 17.7 Å². The van der Waals surface area contributed by atoms with E-state index in [4.69, 9.17) is 4.74 Å². The van der Waals surface area contributed by atoms with Crippen LogP contribution in [0.25, 0.3) is 0 Å². The van der Waals surface area contributed by atoms with Gasteiger partial charge in [0.25, 0.3) is 0 Å². The minimum atomic E-state index is -3.89. The Morgan fingerprint density at radius 1 is 0.926 bits per heavy atom. The second kappa shape index (κ2) is 8.10. The molecule has 0 bridgehead atoms. The third-order valence-corrected chi connectivity index (χ3v) is 5.86. The lowest BCUT2D eigenvalue weighted by molar-refractivity contribution is -0.115. The Morgan fingerprint density at radius 3 is 2.04 bits per heavy atom. The largest absolute Gasteiger partial charge is 0.495 e. The van der Waals surface area contributed by atoms with Crippen LogP contribution in [0.1, 0.15) is 27.8 Å². The Bertz CT molecular complexity index is 959. The number of hydrogen-bond donors (Lipinski definition) is 2. The van der Waals surface area contributed by atoms with Crippen molar-refractivity contribution >= 4 is 21.6 Å². The number of aryl methyl sites for hydroxylation is 5. The number of nitrogens with one attached hydrogen (secondary N) is 2. The number of carbonyl (C=O) groups is 1. The Morgan fingerprint density at radius 2 is 1.48 bits per heavy atom. The first-order valence-electron chi connectivity index (χ1n) is 8.57. The summed E-state index contributed by atoms with van der Waals surface area (Å²) >= 11 is 0. The van der Waals surface area contributed by atoms with Crippen LogP contribution in [-0.4, -0.2) is 28.0 Å². The molecule has 0 aliphatic heterocycles. The number of carbonyl (C=O) groups excluding carboxylic acids is 1. The third-order valence-electron chi connectivity index (χ3n) is 4.43. The van der Waals surface area contributed by atoms with Gasteiger partial charge >= 0.3 is 0 Å². The molecule has 0 fully saturated rings. The van der Waals surface area contributed by atoms with Crippen molar-refractivity contribution in [2.24, 2.45) is 0 Å². The van der Waals surface area contributed by atoms with Crippen LogP contribution in [0.2, 0.25) is 0 Å². The number of sulfonamides is 1. The Balaban J connectivity index is 2.16. The minimum Gasteiger partial charge on any atom is -0.495 e. The fourth-order valence-corrected chi connectivity index (χ4v) is 4.15. The molecular formula is C20H26N2O4S. The second-order valence-electron chi connectivity index (χ2n) is 6.73. The van der Waals surface area contributed by atoms with Gasteiger partial charge in [0.1, 0.15) is 10.6 Å². The van der Waals surface area contributed by atoms with Crippen molar-refractivity contribution in [1.29, 1.82) is 0 Å². The number of hydrogen-bond acceptors (Lipinski definition) is 4. The van der Waals surface area contributed by atoms with Gasteiger partial charge in [-0.05, 0) is 69.0 Å². The molecule has 2 rings (SSSR count). The van der Waals surface area contributed by atoms with Crippen molar-refractivity contribution in [3.05, 3.63) is 52.1 Å². The number of benzene rings is 2. The average Bonchev–Trinajstić information content (AvgIpc) is 2.58. The molecule has 27 heavy (non-hydrogen) atoms. The summed E-state index contributed by atoms with van der Waals surface area (Å²) in [6.07, 6.45) is 0. The maximum absolute atomic E-state index is 12.6. The topological polar surface area (TPSA) is 84.5 Å². The molecule has 2 aromatic rings. The maximum Gasteiger partial charge on any atom is 0.244 e. The predicted molar refractivity (Wildman–Crippen MR) is 107 cm³/mol. The normalized spacial score (nSPS) is 11.3. The molecule has 0 saturated carbocycles. The van der Waals surface area contributed by atoms with E-state index < -0.39 is 15.9 Å². The summed E-state index contributed by atoms with van der Waals surface area (Å²) in [5.74, 6) is -0.187. The summed E-state index contributed by atoms with van der Waals surface area (Å²) in [5, 5.41) is 2.78. The molecule has 0 atom stereocenters. The second-order valence-corrected chi connectivity index (χ2v) is 8.47. The van der Waals surface area contributed by atoms with Crippen LogP contribution in [0.15, 0.2) is 29.2 Å². The van der Waals surface area contributed by atoms with Gasteiger partial charge in [0.2, 0.25) is 15.9 Å². The summed E-state index contributed by atoms with van der Waals surface area (Å²) in [6.45, 7) is 9.12. The molecule has 0 aliphatic carbocycles. The zero-order valence-electron chi connectivity index (χ0n) is 16.6. The highest BCUT2D eigenvalue weighted by Crippen LogP contribution is 2.27. The highest BCUT2D eigenvalue weighted by molar-refractivity contribution is 7.89. The van der Waals surface area contributed by atoms with E-state index in [1.54, 1.807) is 12.1 Å². The number of ether oxygens (including phenoxy) is 1. The summed E-state index contributed by atoms with van der Waals surface area (Å²) in [5.41, 5.74) is 5.42. The smallest absolute Gasteiger partial charge is 0.244 e. The molecule has 0 unspecified atom stereocenters. The van der Waals surface area contributed by atoms with Crippen LogP contribution < -0.4 is 14.8 Å². The Kier molecular flexibility index (Phi) is 6.28. The first-order valence-corrected chi connectivity index (χ1v) is 10.1. The standard InChI is InChI=1S/C20H26N2O4S/c1-12-7-15(4)20(16(5)8-12)22-19(23)11-21-27(24,25)18-10-14(3)13(2)9-17(18)26-6/h7-10,21H,11H2,1-6H3,(H,22,23). The fraction of sp³-hybridized carbons (Fsp3) is 0.350. The van der Waals surface area contributed by atoms with Gasteiger partial charge in [-0.2, -0.15) is 0 Å². The monoisotopic (exact) mass is 390 g/mol. The summed E-state index contributed by atoms with van der Waals surface area (Å²) in [4.78, 5) is 12.3. The fourth-order valence-electron chi connectivity index (χ4n) is 2.93. The van der Waals surface area contributed by atoms with E-state index in [0.29, 0.717) is 5.69 Å². The first-order chi connectivity index (χ1) is 12.5. The van der Waals surface area contributed by atoms with E-state index in [1.807, 2.05) is 46.8 Å². The number of methoxy groups -OCH3 is 1. The average molecular weight is 391 g/mol. The summed E-state index contributed by atoms with van der Waals surface area (Å²) in [6, 6.07) is 7.14. The lowest BCUT2D eigenvalue weighted by atomic mass is 10.1. The zero-order valence-corrected chi connectivity index (χ0v) is 17.4. The number of amides is 1. The molecule has 7 heteroatoms. The van der Waals surface area contributed by atoms with E-state index >= 15 is 0 Å². The van der Waals surface area contributed by atoms with Gasteiger partial charge < -0.3 is 10.1 Å². The Labute approximate surface area is 161 Å². The van der Waals surface area contributed by atoms with Crippen LogP contribution in [0.3, 0.4) is 0 Å². The van der Waals surface area contributed by atoms with E-state index in [2.05, 4.69) is 10.0 Å². The lowest BCUT2D eigenvalue weighted by Gasteiger charge is -2.15. The van der Waals surface area contributed by atoms with Crippen LogP contribution in [0.4, 0.5) is 5.69 Å². The molecule has 0 heterocycles.